The minimum absolute atomic E-state index is 0.289. The van der Waals surface area contributed by atoms with Gasteiger partial charge < -0.3 is 4.90 Å². The molecule has 122 valence electrons. The van der Waals surface area contributed by atoms with Crippen LogP contribution >= 0.6 is 11.3 Å². The quantitative estimate of drug-likeness (QED) is 0.840. The Bertz CT molecular complexity index is 536. The molecule has 1 amide bonds. The molecule has 0 saturated carbocycles. The highest BCUT2D eigenvalue weighted by Gasteiger charge is 2.42. The van der Waals surface area contributed by atoms with Gasteiger partial charge in [-0.2, -0.15) is 0 Å². The fourth-order valence-electron chi connectivity index (χ4n) is 3.76. The highest BCUT2D eigenvalue weighted by atomic mass is 32.1. The minimum atomic E-state index is -0.289. The van der Waals surface area contributed by atoms with Crippen LogP contribution in [-0.2, 0) is 4.79 Å². The van der Waals surface area contributed by atoms with Gasteiger partial charge in [0.05, 0.1) is 10.5 Å². The zero-order chi connectivity index (χ0) is 15.7. The van der Waals surface area contributed by atoms with E-state index in [1.165, 1.54) is 17.8 Å². The summed E-state index contributed by atoms with van der Waals surface area (Å²) in [4.78, 5) is 22.0. The van der Waals surface area contributed by atoms with E-state index in [9.17, 15) is 4.79 Å². The standard InChI is InChI=1S/C17H27N3OS/c1-13-12-22-15(18-13)14-6-10-20(11-7-14)16(21)17(2)8-4-5-9-19(17)3/h12,14H,4-11H2,1-3H3. The third kappa shape index (κ3) is 2.93. The molecule has 0 aromatic carbocycles. The number of thiazole rings is 1. The Labute approximate surface area is 137 Å². The summed E-state index contributed by atoms with van der Waals surface area (Å²) in [5.74, 6) is 0.878. The molecule has 0 bridgehead atoms. The average Bonchev–Trinajstić information content (AvgIpc) is 2.96. The first-order chi connectivity index (χ1) is 10.5. The smallest absolute Gasteiger partial charge is 0.242 e. The van der Waals surface area contributed by atoms with Gasteiger partial charge in [0, 0.05) is 30.1 Å². The van der Waals surface area contributed by atoms with Crippen molar-refractivity contribution in [3.05, 3.63) is 16.1 Å². The van der Waals surface area contributed by atoms with Crippen LogP contribution in [0.4, 0.5) is 0 Å². The minimum Gasteiger partial charge on any atom is -0.341 e. The third-order valence-corrected chi connectivity index (χ3v) is 6.60. The van der Waals surface area contributed by atoms with E-state index >= 15 is 0 Å². The van der Waals surface area contributed by atoms with Crippen molar-refractivity contribution < 1.29 is 4.79 Å². The predicted octanol–water partition coefficient (Wildman–Crippen LogP) is 3.03. The van der Waals surface area contributed by atoms with Crippen molar-refractivity contribution in [2.24, 2.45) is 0 Å². The van der Waals surface area contributed by atoms with Crippen LogP contribution in [0.15, 0.2) is 5.38 Å². The zero-order valence-corrected chi connectivity index (χ0v) is 14.8. The Morgan fingerprint density at radius 3 is 2.64 bits per heavy atom. The molecule has 2 aliphatic rings. The highest BCUT2D eigenvalue weighted by molar-refractivity contribution is 7.09. The molecule has 4 nitrogen and oxygen atoms in total. The molecule has 0 N–H and O–H groups in total. The highest BCUT2D eigenvalue weighted by Crippen LogP contribution is 2.33. The molecule has 2 fully saturated rings. The first kappa shape index (κ1) is 15.9. The number of nitrogens with zero attached hydrogens (tertiary/aromatic N) is 3. The molecule has 0 aliphatic carbocycles. The van der Waals surface area contributed by atoms with Crippen molar-refractivity contribution in [3.63, 3.8) is 0 Å². The normalized spacial score (nSPS) is 28.0. The van der Waals surface area contributed by atoms with Gasteiger partial charge in [0.15, 0.2) is 0 Å². The molecule has 1 aromatic heterocycles. The molecule has 22 heavy (non-hydrogen) atoms. The lowest BCUT2D eigenvalue weighted by molar-refractivity contribution is -0.146. The van der Waals surface area contributed by atoms with E-state index in [4.69, 9.17) is 0 Å². The molecule has 3 rings (SSSR count). The van der Waals surface area contributed by atoms with Crippen molar-refractivity contribution in [1.82, 2.24) is 14.8 Å². The van der Waals surface area contributed by atoms with Crippen LogP contribution in [0, 0.1) is 6.92 Å². The van der Waals surface area contributed by atoms with E-state index in [1.54, 1.807) is 11.3 Å². The number of rotatable bonds is 2. The summed E-state index contributed by atoms with van der Waals surface area (Å²) in [6, 6.07) is 0. The number of piperidine rings is 2. The average molecular weight is 321 g/mol. The number of hydrogen-bond acceptors (Lipinski definition) is 4. The molecular formula is C17H27N3OS. The van der Waals surface area contributed by atoms with Gasteiger partial charge in [-0.1, -0.05) is 0 Å². The number of likely N-dealkylation sites (N-methyl/N-ethyl adjacent to an activating group) is 1. The Morgan fingerprint density at radius 2 is 2.05 bits per heavy atom. The number of likely N-dealkylation sites (tertiary alicyclic amines) is 2. The fraction of sp³-hybridized carbons (Fsp3) is 0.765. The first-order valence-electron chi connectivity index (χ1n) is 8.43. The number of carbonyl (C=O) groups is 1. The van der Waals surface area contributed by atoms with Gasteiger partial charge in [0.1, 0.15) is 0 Å². The lowest BCUT2D eigenvalue weighted by Gasteiger charge is -2.45. The molecule has 1 aromatic rings. The van der Waals surface area contributed by atoms with Gasteiger partial charge in [-0.05, 0) is 59.5 Å². The van der Waals surface area contributed by atoms with Gasteiger partial charge in [-0.15, -0.1) is 11.3 Å². The van der Waals surface area contributed by atoms with E-state index in [1.807, 2.05) is 0 Å². The van der Waals surface area contributed by atoms with Gasteiger partial charge in [0.2, 0.25) is 5.91 Å². The third-order valence-electron chi connectivity index (χ3n) is 5.48. The molecule has 1 atom stereocenters. The molecule has 2 saturated heterocycles. The molecule has 0 radical (unpaired) electrons. The van der Waals surface area contributed by atoms with Crippen LogP contribution < -0.4 is 0 Å². The van der Waals surface area contributed by atoms with E-state index < -0.39 is 0 Å². The first-order valence-corrected chi connectivity index (χ1v) is 9.31. The maximum absolute atomic E-state index is 13.0. The maximum Gasteiger partial charge on any atom is 0.242 e. The number of hydrogen-bond donors (Lipinski definition) is 0. The van der Waals surface area contributed by atoms with Crippen molar-refractivity contribution >= 4 is 17.2 Å². The summed E-state index contributed by atoms with van der Waals surface area (Å²) >= 11 is 1.77. The summed E-state index contributed by atoms with van der Waals surface area (Å²) in [6.45, 7) is 6.98. The predicted molar refractivity (Wildman–Crippen MR) is 90.3 cm³/mol. The number of aromatic nitrogens is 1. The molecule has 3 heterocycles. The largest absolute Gasteiger partial charge is 0.341 e. The lowest BCUT2D eigenvalue weighted by Crippen LogP contribution is -2.59. The van der Waals surface area contributed by atoms with Crippen LogP contribution in [0.1, 0.15) is 55.6 Å². The SMILES string of the molecule is Cc1csc(C2CCN(C(=O)C3(C)CCCCN3C)CC2)n1. The van der Waals surface area contributed by atoms with Crippen LogP contribution in [0.2, 0.25) is 0 Å². The second kappa shape index (κ2) is 6.28. The Hall–Kier alpha value is -0.940. The van der Waals surface area contributed by atoms with E-state index in [0.29, 0.717) is 11.8 Å². The molecular weight excluding hydrogens is 294 g/mol. The summed E-state index contributed by atoms with van der Waals surface area (Å²) in [5, 5.41) is 3.39. The second-order valence-corrected chi connectivity index (χ2v) is 7.94. The summed E-state index contributed by atoms with van der Waals surface area (Å²) in [6.07, 6.45) is 5.48. The van der Waals surface area contributed by atoms with Crippen LogP contribution in [0.5, 0.6) is 0 Å². The monoisotopic (exact) mass is 321 g/mol. The second-order valence-electron chi connectivity index (χ2n) is 7.05. The summed E-state index contributed by atoms with van der Waals surface area (Å²) in [5.41, 5.74) is 0.831. The fourth-order valence-corrected chi connectivity index (χ4v) is 4.72. The van der Waals surface area contributed by atoms with Crippen molar-refractivity contribution in [3.8, 4) is 0 Å². The van der Waals surface area contributed by atoms with Gasteiger partial charge in [0.25, 0.3) is 0 Å². The molecule has 2 aliphatic heterocycles. The Morgan fingerprint density at radius 1 is 1.32 bits per heavy atom. The maximum atomic E-state index is 13.0. The zero-order valence-electron chi connectivity index (χ0n) is 14.0. The van der Waals surface area contributed by atoms with Gasteiger partial charge >= 0.3 is 0 Å². The summed E-state index contributed by atoms with van der Waals surface area (Å²) < 4.78 is 0. The van der Waals surface area contributed by atoms with Crippen molar-refractivity contribution in [2.45, 2.75) is 57.4 Å². The van der Waals surface area contributed by atoms with Crippen LogP contribution in [0.25, 0.3) is 0 Å². The Kier molecular flexibility index (Phi) is 4.55. The van der Waals surface area contributed by atoms with E-state index in [0.717, 1.165) is 44.6 Å². The van der Waals surface area contributed by atoms with Crippen LogP contribution in [0.3, 0.4) is 0 Å². The molecule has 0 spiro atoms. The number of amides is 1. The number of aryl methyl sites for hydroxylation is 1. The lowest BCUT2D eigenvalue weighted by atomic mass is 9.86. The van der Waals surface area contributed by atoms with Crippen LogP contribution in [-0.4, -0.2) is 52.9 Å². The molecule has 1 unspecified atom stereocenters. The van der Waals surface area contributed by atoms with Crippen molar-refractivity contribution in [1.29, 1.82) is 0 Å². The summed E-state index contributed by atoms with van der Waals surface area (Å²) in [7, 11) is 2.10. The number of carbonyl (C=O) groups excluding carboxylic acids is 1. The Balaban J connectivity index is 1.62. The van der Waals surface area contributed by atoms with Gasteiger partial charge in [-0.3, -0.25) is 9.69 Å². The van der Waals surface area contributed by atoms with E-state index in [2.05, 4.69) is 41.1 Å². The molecule has 5 heteroatoms. The van der Waals surface area contributed by atoms with E-state index in [-0.39, 0.29) is 5.54 Å². The topological polar surface area (TPSA) is 36.4 Å². The van der Waals surface area contributed by atoms with Crippen molar-refractivity contribution in [2.75, 3.05) is 26.7 Å². The van der Waals surface area contributed by atoms with Gasteiger partial charge in [-0.25, -0.2) is 4.98 Å².